The molecule has 6 nitrogen and oxygen atoms in total. The van der Waals surface area contributed by atoms with Gasteiger partial charge >= 0.3 is 0 Å². The first kappa shape index (κ1) is 16.9. The molecule has 2 saturated heterocycles. The van der Waals surface area contributed by atoms with Gasteiger partial charge in [-0.3, -0.25) is 4.79 Å². The average molecular weight is 367 g/mol. The van der Waals surface area contributed by atoms with Crippen LogP contribution in [0.5, 0.6) is 0 Å². The number of amides is 1. The molecule has 0 radical (unpaired) electrons. The topological polar surface area (TPSA) is 68.5 Å². The molecular weight excluding hydrogens is 342 g/mol. The molecule has 1 amide bonds. The van der Waals surface area contributed by atoms with E-state index in [1.54, 1.807) is 0 Å². The summed E-state index contributed by atoms with van der Waals surface area (Å²) in [6.07, 6.45) is 5.95. The van der Waals surface area contributed by atoms with Crippen LogP contribution in [0.2, 0.25) is 0 Å². The molecule has 5 rings (SSSR count). The smallest absolute Gasteiger partial charge is 0.235 e. The zero-order chi connectivity index (χ0) is 18.3. The molecule has 6 heteroatoms. The normalized spacial score (nSPS) is 30.0. The van der Waals surface area contributed by atoms with Gasteiger partial charge in [-0.1, -0.05) is 41.9 Å². The lowest BCUT2D eigenvalue weighted by atomic mass is 9.80. The number of likely N-dealkylation sites (tertiary alicyclic amines) is 1. The minimum absolute atomic E-state index is 0.0991. The Kier molecular flexibility index (Phi) is 4.23. The summed E-state index contributed by atoms with van der Waals surface area (Å²) in [5.41, 5.74) is 0.787. The zero-order valence-corrected chi connectivity index (χ0v) is 15.5. The first-order chi connectivity index (χ1) is 13.2. The van der Waals surface area contributed by atoms with Gasteiger partial charge in [0.05, 0.1) is 17.9 Å². The van der Waals surface area contributed by atoms with Crippen molar-refractivity contribution in [2.24, 2.45) is 5.92 Å². The van der Waals surface area contributed by atoms with E-state index in [2.05, 4.69) is 5.16 Å². The number of carbonyl (C=O) groups excluding carboxylic acids is 1. The SMILES string of the molecule is O=C(CC1CCCO1)N1C[C@H]2CCC[C@@]2(c2nc(-c3ccccc3)no2)C1. The van der Waals surface area contributed by atoms with Gasteiger partial charge in [0.1, 0.15) is 0 Å². The second kappa shape index (κ2) is 6.75. The molecule has 1 aromatic carbocycles. The fourth-order valence-corrected chi connectivity index (χ4v) is 5.09. The van der Waals surface area contributed by atoms with E-state index in [4.69, 9.17) is 14.2 Å². The number of hydrogen-bond donors (Lipinski definition) is 0. The van der Waals surface area contributed by atoms with Gasteiger partial charge in [0.25, 0.3) is 0 Å². The van der Waals surface area contributed by atoms with Gasteiger partial charge in [-0.05, 0) is 31.6 Å². The molecule has 1 saturated carbocycles. The van der Waals surface area contributed by atoms with Crippen LogP contribution in [0.1, 0.15) is 44.4 Å². The van der Waals surface area contributed by atoms with Crippen molar-refractivity contribution in [2.45, 2.75) is 50.0 Å². The molecule has 0 spiro atoms. The molecular formula is C21H25N3O3. The van der Waals surface area contributed by atoms with Crippen molar-refractivity contribution in [1.29, 1.82) is 0 Å². The van der Waals surface area contributed by atoms with E-state index in [1.165, 1.54) is 0 Å². The van der Waals surface area contributed by atoms with E-state index in [0.717, 1.165) is 50.8 Å². The second-order valence-corrected chi connectivity index (χ2v) is 8.15. The van der Waals surface area contributed by atoms with Gasteiger partial charge in [-0.25, -0.2) is 0 Å². The quantitative estimate of drug-likeness (QED) is 0.830. The number of fused-ring (bicyclic) bond motifs is 1. The minimum atomic E-state index is -0.174. The monoisotopic (exact) mass is 367 g/mol. The Labute approximate surface area is 158 Å². The van der Waals surface area contributed by atoms with E-state index in [9.17, 15) is 4.79 Å². The predicted molar refractivity (Wildman–Crippen MR) is 98.9 cm³/mol. The largest absolute Gasteiger partial charge is 0.378 e. The highest BCUT2D eigenvalue weighted by molar-refractivity contribution is 5.77. The molecule has 142 valence electrons. The first-order valence-corrected chi connectivity index (χ1v) is 10.0. The molecule has 3 atom stereocenters. The van der Waals surface area contributed by atoms with Crippen molar-refractivity contribution >= 4 is 5.91 Å². The Hall–Kier alpha value is -2.21. The summed E-state index contributed by atoms with van der Waals surface area (Å²) in [5, 5.41) is 4.23. The third-order valence-corrected chi connectivity index (χ3v) is 6.53. The number of aromatic nitrogens is 2. The van der Waals surface area contributed by atoms with Crippen LogP contribution in [0.4, 0.5) is 0 Å². The fourth-order valence-electron chi connectivity index (χ4n) is 5.09. The van der Waals surface area contributed by atoms with Crippen LogP contribution in [-0.4, -0.2) is 46.7 Å². The minimum Gasteiger partial charge on any atom is -0.378 e. The number of ether oxygens (including phenoxy) is 1. The third-order valence-electron chi connectivity index (χ3n) is 6.53. The summed E-state index contributed by atoms with van der Waals surface area (Å²) >= 11 is 0. The molecule has 2 aliphatic heterocycles. The molecule has 0 bridgehead atoms. The highest BCUT2D eigenvalue weighted by atomic mass is 16.5. The average Bonchev–Trinajstić information content (AvgIpc) is 3.45. The summed E-state index contributed by atoms with van der Waals surface area (Å²) < 4.78 is 11.4. The van der Waals surface area contributed by atoms with E-state index >= 15 is 0 Å². The van der Waals surface area contributed by atoms with Gasteiger partial charge < -0.3 is 14.2 Å². The lowest BCUT2D eigenvalue weighted by Gasteiger charge is -2.24. The lowest BCUT2D eigenvalue weighted by molar-refractivity contribution is -0.132. The van der Waals surface area contributed by atoms with Crippen molar-refractivity contribution in [3.63, 3.8) is 0 Å². The standard InChI is InChI=1S/C21H25N3O3/c25-18(12-17-9-5-11-26-17)24-13-16-8-4-10-21(16,14-24)20-22-19(23-27-20)15-6-2-1-3-7-15/h1-3,6-7,16-17H,4-5,8-14H2/t16-,17?,21-/m1/s1. The molecule has 1 unspecified atom stereocenters. The van der Waals surface area contributed by atoms with Gasteiger partial charge in [-0.2, -0.15) is 4.98 Å². The number of hydrogen-bond acceptors (Lipinski definition) is 5. The van der Waals surface area contributed by atoms with Crippen LogP contribution in [0.25, 0.3) is 11.4 Å². The zero-order valence-electron chi connectivity index (χ0n) is 15.5. The summed E-state index contributed by atoms with van der Waals surface area (Å²) in [6, 6.07) is 9.91. The molecule has 27 heavy (non-hydrogen) atoms. The van der Waals surface area contributed by atoms with Crippen LogP contribution < -0.4 is 0 Å². The fraction of sp³-hybridized carbons (Fsp3) is 0.571. The van der Waals surface area contributed by atoms with Crippen molar-refractivity contribution in [3.8, 4) is 11.4 Å². The van der Waals surface area contributed by atoms with Crippen LogP contribution in [-0.2, 0) is 14.9 Å². The van der Waals surface area contributed by atoms with Crippen LogP contribution in [0.15, 0.2) is 34.9 Å². The number of carbonyl (C=O) groups is 1. The number of benzene rings is 1. The summed E-state index contributed by atoms with van der Waals surface area (Å²) in [4.78, 5) is 19.6. The van der Waals surface area contributed by atoms with Gasteiger partial charge in [0.2, 0.25) is 17.6 Å². The van der Waals surface area contributed by atoms with Crippen molar-refractivity contribution < 1.29 is 14.1 Å². The highest BCUT2D eigenvalue weighted by Crippen LogP contribution is 2.50. The van der Waals surface area contributed by atoms with E-state index < -0.39 is 0 Å². The predicted octanol–water partition coefficient (Wildman–Crippen LogP) is 3.19. The molecule has 3 fully saturated rings. The Balaban J connectivity index is 1.36. The van der Waals surface area contributed by atoms with Gasteiger partial charge in [0, 0.05) is 25.3 Å². The Morgan fingerprint density at radius 1 is 1.22 bits per heavy atom. The maximum Gasteiger partial charge on any atom is 0.235 e. The summed E-state index contributed by atoms with van der Waals surface area (Å²) in [6.45, 7) is 2.28. The van der Waals surface area contributed by atoms with Crippen molar-refractivity contribution in [3.05, 3.63) is 36.2 Å². The van der Waals surface area contributed by atoms with Gasteiger partial charge in [0.15, 0.2) is 0 Å². The lowest BCUT2D eigenvalue weighted by Crippen LogP contribution is -2.36. The molecule has 3 heterocycles. The second-order valence-electron chi connectivity index (χ2n) is 8.15. The third kappa shape index (κ3) is 2.96. The van der Waals surface area contributed by atoms with Crippen molar-refractivity contribution in [2.75, 3.05) is 19.7 Å². The maximum atomic E-state index is 12.8. The van der Waals surface area contributed by atoms with E-state index in [0.29, 0.717) is 30.6 Å². The van der Waals surface area contributed by atoms with Crippen LogP contribution in [0.3, 0.4) is 0 Å². The van der Waals surface area contributed by atoms with E-state index in [-0.39, 0.29) is 17.4 Å². The number of rotatable bonds is 4. The summed E-state index contributed by atoms with van der Waals surface area (Å²) in [7, 11) is 0. The Bertz CT molecular complexity index is 815. The van der Waals surface area contributed by atoms with Crippen LogP contribution in [0, 0.1) is 5.92 Å². The molecule has 1 aliphatic carbocycles. The number of nitrogens with zero attached hydrogens (tertiary/aromatic N) is 3. The molecule has 0 N–H and O–H groups in total. The molecule has 2 aromatic rings. The van der Waals surface area contributed by atoms with Gasteiger partial charge in [-0.15, -0.1) is 0 Å². The van der Waals surface area contributed by atoms with Crippen LogP contribution >= 0.6 is 0 Å². The Morgan fingerprint density at radius 3 is 2.93 bits per heavy atom. The maximum absolute atomic E-state index is 12.8. The van der Waals surface area contributed by atoms with Crippen molar-refractivity contribution in [1.82, 2.24) is 15.0 Å². The Morgan fingerprint density at radius 2 is 2.11 bits per heavy atom. The first-order valence-electron chi connectivity index (χ1n) is 10.0. The highest BCUT2D eigenvalue weighted by Gasteiger charge is 2.55. The summed E-state index contributed by atoms with van der Waals surface area (Å²) in [5.74, 6) is 1.96. The van der Waals surface area contributed by atoms with E-state index in [1.807, 2.05) is 35.2 Å². The molecule has 3 aliphatic rings. The molecule has 1 aromatic heterocycles.